The molecule has 0 aliphatic carbocycles. The lowest BCUT2D eigenvalue weighted by atomic mass is 10.2. The van der Waals surface area contributed by atoms with Gasteiger partial charge >= 0.3 is 0 Å². The third kappa shape index (κ3) is 5.34. The molecule has 1 aromatic heterocycles. The van der Waals surface area contributed by atoms with E-state index in [2.05, 4.69) is 10.4 Å². The summed E-state index contributed by atoms with van der Waals surface area (Å²) in [5.74, 6) is -1.68. The molecule has 0 bridgehead atoms. The molecular formula is C24H18F3N3O2. The SMILES string of the molecule is O=C(Nc1cccc(F)c1)c1cn(Cc2ccc(F)cc2)nc1OCc1ccc(F)cc1. The van der Waals surface area contributed by atoms with Gasteiger partial charge in [0.05, 0.1) is 6.54 Å². The van der Waals surface area contributed by atoms with Gasteiger partial charge in [-0.3, -0.25) is 9.48 Å². The summed E-state index contributed by atoms with van der Waals surface area (Å²) in [6.45, 7) is 0.342. The van der Waals surface area contributed by atoms with Crippen LogP contribution in [0, 0.1) is 17.5 Å². The number of nitrogens with zero attached hydrogens (tertiary/aromatic N) is 2. The monoisotopic (exact) mass is 437 g/mol. The predicted octanol–water partition coefficient (Wildman–Crippen LogP) is 5.18. The van der Waals surface area contributed by atoms with Crippen LogP contribution in [0.15, 0.2) is 79.0 Å². The van der Waals surface area contributed by atoms with E-state index in [1.54, 1.807) is 30.3 Å². The quantitative estimate of drug-likeness (QED) is 0.434. The number of nitrogens with one attached hydrogen (secondary N) is 1. The molecule has 1 N–H and O–H groups in total. The van der Waals surface area contributed by atoms with Gasteiger partial charge in [-0.2, -0.15) is 0 Å². The van der Waals surface area contributed by atoms with Gasteiger partial charge in [-0.1, -0.05) is 30.3 Å². The van der Waals surface area contributed by atoms with Gasteiger partial charge in [0.15, 0.2) is 0 Å². The minimum atomic E-state index is -0.532. The van der Waals surface area contributed by atoms with Gasteiger partial charge in [-0.25, -0.2) is 13.2 Å². The molecule has 32 heavy (non-hydrogen) atoms. The van der Waals surface area contributed by atoms with Crippen molar-refractivity contribution in [3.05, 3.63) is 113 Å². The van der Waals surface area contributed by atoms with Gasteiger partial charge in [0, 0.05) is 11.9 Å². The number of hydrogen-bond acceptors (Lipinski definition) is 3. The largest absolute Gasteiger partial charge is 0.471 e. The number of anilines is 1. The van der Waals surface area contributed by atoms with Crippen molar-refractivity contribution in [2.75, 3.05) is 5.32 Å². The summed E-state index contributed by atoms with van der Waals surface area (Å²) < 4.78 is 47.0. The predicted molar refractivity (Wildman–Crippen MR) is 113 cm³/mol. The molecule has 3 aromatic carbocycles. The summed E-state index contributed by atoms with van der Waals surface area (Å²) in [6, 6.07) is 17.2. The van der Waals surface area contributed by atoms with Crippen molar-refractivity contribution in [1.29, 1.82) is 0 Å². The van der Waals surface area contributed by atoms with Crippen LogP contribution in [0.3, 0.4) is 0 Å². The molecule has 4 rings (SSSR count). The minimum Gasteiger partial charge on any atom is -0.471 e. The second-order valence-corrected chi connectivity index (χ2v) is 7.05. The fraction of sp³-hybridized carbons (Fsp3) is 0.0833. The first kappa shape index (κ1) is 21.2. The maximum atomic E-state index is 13.5. The van der Waals surface area contributed by atoms with E-state index in [1.807, 2.05) is 0 Å². The lowest BCUT2D eigenvalue weighted by Crippen LogP contribution is -2.13. The lowest BCUT2D eigenvalue weighted by Gasteiger charge is -2.07. The average Bonchev–Trinajstić information content (AvgIpc) is 3.18. The lowest BCUT2D eigenvalue weighted by molar-refractivity contribution is 0.102. The maximum Gasteiger partial charge on any atom is 0.262 e. The number of rotatable bonds is 7. The normalized spacial score (nSPS) is 10.7. The van der Waals surface area contributed by atoms with Crippen LogP contribution in [-0.2, 0) is 13.2 Å². The number of benzene rings is 3. The van der Waals surface area contributed by atoms with Gasteiger partial charge < -0.3 is 10.1 Å². The van der Waals surface area contributed by atoms with Crippen molar-refractivity contribution in [1.82, 2.24) is 9.78 Å². The summed E-state index contributed by atoms with van der Waals surface area (Å²) in [6.07, 6.45) is 1.50. The molecule has 8 heteroatoms. The highest BCUT2D eigenvalue weighted by Crippen LogP contribution is 2.21. The van der Waals surface area contributed by atoms with E-state index in [1.165, 1.54) is 53.3 Å². The molecule has 0 aliphatic heterocycles. The van der Waals surface area contributed by atoms with Crippen molar-refractivity contribution < 1.29 is 22.7 Å². The number of carbonyl (C=O) groups excluding carboxylic acids is 1. The second kappa shape index (κ2) is 9.38. The molecule has 0 saturated carbocycles. The van der Waals surface area contributed by atoms with Crippen LogP contribution in [0.5, 0.6) is 5.88 Å². The highest BCUT2D eigenvalue weighted by molar-refractivity contribution is 6.05. The number of aromatic nitrogens is 2. The molecule has 0 unspecified atom stereocenters. The molecule has 0 radical (unpaired) electrons. The summed E-state index contributed by atoms with van der Waals surface area (Å²) in [5, 5.41) is 6.95. The smallest absolute Gasteiger partial charge is 0.262 e. The third-order valence-corrected chi connectivity index (χ3v) is 4.60. The molecule has 0 aliphatic rings. The van der Waals surface area contributed by atoms with Crippen molar-refractivity contribution in [3.8, 4) is 5.88 Å². The minimum absolute atomic E-state index is 0.0605. The van der Waals surface area contributed by atoms with Gasteiger partial charge in [0.25, 0.3) is 5.91 Å². The number of ether oxygens (including phenoxy) is 1. The average molecular weight is 437 g/mol. The molecule has 162 valence electrons. The van der Waals surface area contributed by atoms with Crippen molar-refractivity contribution in [3.63, 3.8) is 0 Å². The molecule has 5 nitrogen and oxygen atoms in total. The number of amides is 1. The zero-order valence-electron chi connectivity index (χ0n) is 16.8. The molecule has 1 heterocycles. The van der Waals surface area contributed by atoms with E-state index < -0.39 is 11.7 Å². The van der Waals surface area contributed by atoms with Crippen molar-refractivity contribution in [2.45, 2.75) is 13.2 Å². The number of carbonyl (C=O) groups is 1. The van der Waals surface area contributed by atoms with E-state index in [-0.39, 0.29) is 41.9 Å². The molecule has 1 amide bonds. The van der Waals surface area contributed by atoms with E-state index >= 15 is 0 Å². The Labute approximate surface area is 182 Å². The molecule has 0 saturated heterocycles. The molecule has 0 spiro atoms. The topological polar surface area (TPSA) is 56.2 Å². The number of halogens is 3. The Morgan fingerprint density at radius 3 is 2.19 bits per heavy atom. The third-order valence-electron chi connectivity index (χ3n) is 4.60. The maximum absolute atomic E-state index is 13.5. The first-order valence-electron chi connectivity index (χ1n) is 9.72. The fourth-order valence-corrected chi connectivity index (χ4v) is 3.02. The molecule has 4 aromatic rings. The zero-order chi connectivity index (χ0) is 22.5. The first-order valence-corrected chi connectivity index (χ1v) is 9.72. The Hall–Kier alpha value is -4.07. The Morgan fingerprint density at radius 1 is 0.875 bits per heavy atom. The van der Waals surface area contributed by atoms with E-state index in [9.17, 15) is 18.0 Å². The Kier molecular flexibility index (Phi) is 6.21. The zero-order valence-corrected chi connectivity index (χ0v) is 16.8. The van der Waals surface area contributed by atoms with Crippen LogP contribution in [0.2, 0.25) is 0 Å². The van der Waals surface area contributed by atoms with Crippen molar-refractivity contribution >= 4 is 11.6 Å². The summed E-state index contributed by atoms with van der Waals surface area (Å²) in [4.78, 5) is 12.8. The fourth-order valence-electron chi connectivity index (χ4n) is 3.02. The summed E-state index contributed by atoms with van der Waals surface area (Å²) in [5.41, 5.74) is 1.89. The Morgan fingerprint density at radius 2 is 1.53 bits per heavy atom. The van der Waals surface area contributed by atoms with E-state index in [4.69, 9.17) is 4.74 Å². The Balaban J connectivity index is 1.57. The van der Waals surface area contributed by atoms with Crippen molar-refractivity contribution in [2.24, 2.45) is 0 Å². The van der Waals surface area contributed by atoms with Crippen LogP contribution in [0.4, 0.5) is 18.9 Å². The van der Waals surface area contributed by atoms with Crippen LogP contribution >= 0.6 is 0 Å². The molecular weight excluding hydrogens is 419 g/mol. The second-order valence-electron chi connectivity index (χ2n) is 7.05. The number of hydrogen-bond donors (Lipinski definition) is 1. The standard InChI is InChI=1S/C24H18F3N3O2/c25-18-8-4-16(5-9-18)13-30-14-22(23(31)28-21-3-1-2-20(27)12-21)24(29-30)32-15-17-6-10-19(26)11-7-17/h1-12,14H,13,15H2,(H,28,31). The molecule has 0 atom stereocenters. The van der Waals surface area contributed by atoms with Crippen LogP contribution in [0.25, 0.3) is 0 Å². The van der Waals surface area contributed by atoms with Gasteiger partial charge in [0.1, 0.15) is 29.6 Å². The highest BCUT2D eigenvalue weighted by atomic mass is 19.1. The first-order chi connectivity index (χ1) is 15.5. The van der Waals surface area contributed by atoms with Gasteiger partial charge in [0.2, 0.25) is 5.88 Å². The summed E-state index contributed by atoms with van der Waals surface area (Å²) in [7, 11) is 0. The summed E-state index contributed by atoms with van der Waals surface area (Å²) >= 11 is 0. The van der Waals surface area contributed by atoms with E-state index in [0.717, 1.165) is 5.56 Å². The van der Waals surface area contributed by atoms with Crippen LogP contribution < -0.4 is 10.1 Å². The van der Waals surface area contributed by atoms with Crippen LogP contribution in [-0.4, -0.2) is 15.7 Å². The van der Waals surface area contributed by atoms with Crippen LogP contribution in [0.1, 0.15) is 21.5 Å². The Bertz CT molecular complexity index is 1220. The van der Waals surface area contributed by atoms with Gasteiger partial charge in [-0.05, 0) is 53.6 Å². The highest BCUT2D eigenvalue weighted by Gasteiger charge is 2.19. The molecule has 0 fully saturated rings. The van der Waals surface area contributed by atoms with E-state index in [0.29, 0.717) is 5.56 Å². The van der Waals surface area contributed by atoms with Gasteiger partial charge in [-0.15, -0.1) is 5.10 Å².